The molecule has 8 heteroatoms. The number of nitrogens with zero attached hydrogens (tertiary/aromatic N) is 1. The summed E-state index contributed by atoms with van der Waals surface area (Å²) in [6.45, 7) is 0.764. The number of rotatable bonds is 4. The Hall–Kier alpha value is -1.67. The number of benzene rings is 1. The predicted octanol–water partition coefficient (Wildman–Crippen LogP) is 1.67. The van der Waals surface area contributed by atoms with Crippen molar-refractivity contribution in [2.24, 2.45) is 0 Å². The van der Waals surface area contributed by atoms with Crippen LogP contribution in [0.3, 0.4) is 0 Å². The Kier molecular flexibility index (Phi) is 4.24. The lowest BCUT2D eigenvalue weighted by Gasteiger charge is -2.26. The molecule has 6 nitrogen and oxygen atoms in total. The third-order valence-corrected chi connectivity index (χ3v) is 4.64. The summed E-state index contributed by atoms with van der Waals surface area (Å²) in [6.07, 6.45) is 2.48. The summed E-state index contributed by atoms with van der Waals surface area (Å²) in [5, 5.41) is 8.97. The molecule has 1 fully saturated rings. The predicted molar refractivity (Wildman–Crippen MR) is 71.3 cm³/mol. The summed E-state index contributed by atoms with van der Waals surface area (Å²) in [5.41, 5.74) is -0.934. The largest absolute Gasteiger partial charge is 0.478 e. The van der Waals surface area contributed by atoms with Crippen LogP contribution in [0.5, 0.6) is 0 Å². The van der Waals surface area contributed by atoms with Gasteiger partial charge in [0.05, 0.1) is 5.69 Å². The number of aromatic carboxylic acids is 1. The van der Waals surface area contributed by atoms with Gasteiger partial charge < -0.3 is 5.11 Å². The van der Waals surface area contributed by atoms with Gasteiger partial charge in [0.1, 0.15) is 11.4 Å². The first-order chi connectivity index (χ1) is 9.42. The lowest BCUT2D eigenvalue weighted by atomic mass is 10.2. The number of carboxylic acids is 1. The van der Waals surface area contributed by atoms with Crippen LogP contribution in [0.4, 0.5) is 10.1 Å². The molecule has 0 spiro atoms. The highest BCUT2D eigenvalue weighted by Crippen LogP contribution is 2.22. The Balaban J connectivity index is 2.29. The number of hydrogen-bond donors (Lipinski definition) is 2. The highest BCUT2D eigenvalue weighted by molar-refractivity contribution is 7.90. The second-order valence-corrected chi connectivity index (χ2v) is 6.21. The molecule has 0 unspecified atom stereocenters. The van der Waals surface area contributed by atoms with Gasteiger partial charge >= 0.3 is 16.2 Å². The van der Waals surface area contributed by atoms with Crippen molar-refractivity contribution in [3.8, 4) is 0 Å². The van der Waals surface area contributed by atoms with Crippen LogP contribution in [-0.2, 0) is 10.2 Å². The molecule has 1 aromatic rings. The normalized spacial score (nSPS) is 16.9. The number of carboxylic acid groups (broad SMARTS) is 1. The van der Waals surface area contributed by atoms with Crippen molar-refractivity contribution >= 4 is 21.9 Å². The van der Waals surface area contributed by atoms with Gasteiger partial charge in [-0.25, -0.2) is 9.18 Å². The molecule has 2 N–H and O–H groups in total. The van der Waals surface area contributed by atoms with Crippen LogP contribution >= 0.6 is 0 Å². The van der Waals surface area contributed by atoms with E-state index in [1.54, 1.807) is 0 Å². The quantitative estimate of drug-likeness (QED) is 0.885. The maximum Gasteiger partial charge on any atom is 0.340 e. The summed E-state index contributed by atoms with van der Waals surface area (Å²) < 4.78 is 41.2. The first-order valence-electron chi connectivity index (χ1n) is 6.21. The maximum absolute atomic E-state index is 13.5. The van der Waals surface area contributed by atoms with Crippen LogP contribution in [0, 0.1) is 5.82 Å². The van der Waals surface area contributed by atoms with E-state index in [2.05, 4.69) is 4.72 Å². The number of piperidine rings is 1. The fraction of sp³-hybridized carbons (Fsp3) is 0.417. The molecule has 1 aliphatic rings. The summed E-state index contributed by atoms with van der Waals surface area (Å²) >= 11 is 0. The number of anilines is 1. The van der Waals surface area contributed by atoms with Crippen molar-refractivity contribution in [2.45, 2.75) is 19.3 Å². The lowest BCUT2D eigenvalue weighted by molar-refractivity contribution is 0.0693. The molecule has 1 aliphatic heterocycles. The molecule has 1 heterocycles. The molecule has 20 heavy (non-hydrogen) atoms. The zero-order chi connectivity index (χ0) is 14.8. The van der Waals surface area contributed by atoms with Crippen molar-refractivity contribution < 1.29 is 22.7 Å². The average Bonchev–Trinajstić information content (AvgIpc) is 2.39. The smallest absolute Gasteiger partial charge is 0.340 e. The molecule has 0 aliphatic carbocycles. The third-order valence-electron chi connectivity index (χ3n) is 3.12. The SMILES string of the molecule is O=C(O)c1c(F)cccc1NS(=O)(=O)N1CCCCC1. The number of nitrogens with one attached hydrogen (secondary N) is 1. The van der Waals surface area contributed by atoms with Gasteiger partial charge in [0, 0.05) is 13.1 Å². The molecule has 0 aromatic heterocycles. The van der Waals surface area contributed by atoms with Crippen LogP contribution in [0.2, 0.25) is 0 Å². The van der Waals surface area contributed by atoms with E-state index in [9.17, 15) is 17.6 Å². The molecule has 1 saturated heterocycles. The van der Waals surface area contributed by atoms with Crippen LogP contribution < -0.4 is 4.72 Å². The second-order valence-electron chi connectivity index (χ2n) is 4.53. The van der Waals surface area contributed by atoms with E-state index < -0.39 is 27.6 Å². The minimum absolute atomic E-state index is 0.261. The van der Waals surface area contributed by atoms with Gasteiger partial charge in [-0.2, -0.15) is 12.7 Å². The van der Waals surface area contributed by atoms with E-state index in [1.807, 2.05) is 0 Å². The highest BCUT2D eigenvalue weighted by atomic mass is 32.2. The summed E-state index contributed by atoms with van der Waals surface area (Å²) in [6, 6.07) is 3.46. The van der Waals surface area contributed by atoms with Gasteiger partial charge in [0.25, 0.3) is 0 Å². The van der Waals surface area contributed by atoms with E-state index in [0.717, 1.165) is 25.3 Å². The van der Waals surface area contributed by atoms with E-state index in [1.165, 1.54) is 16.4 Å². The maximum atomic E-state index is 13.5. The number of carbonyl (C=O) groups is 1. The van der Waals surface area contributed by atoms with Crippen LogP contribution in [0.15, 0.2) is 18.2 Å². The van der Waals surface area contributed by atoms with Gasteiger partial charge in [-0.15, -0.1) is 0 Å². The summed E-state index contributed by atoms with van der Waals surface area (Å²) in [5.74, 6) is -2.49. The van der Waals surface area contributed by atoms with Gasteiger partial charge in [-0.1, -0.05) is 12.5 Å². The summed E-state index contributed by atoms with van der Waals surface area (Å²) in [4.78, 5) is 11.0. The zero-order valence-corrected chi connectivity index (χ0v) is 11.5. The highest BCUT2D eigenvalue weighted by Gasteiger charge is 2.26. The van der Waals surface area contributed by atoms with E-state index >= 15 is 0 Å². The molecule has 0 atom stereocenters. The molecular formula is C12H15FN2O4S. The molecule has 0 radical (unpaired) electrons. The third kappa shape index (κ3) is 3.07. The van der Waals surface area contributed by atoms with Gasteiger partial charge in [0.15, 0.2) is 0 Å². The Morgan fingerprint density at radius 2 is 1.90 bits per heavy atom. The van der Waals surface area contributed by atoms with Crippen molar-refractivity contribution in [2.75, 3.05) is 17.8 Å². The fourth-order valence-corrected chi connectivity index (χ4v) is 3.45. The molecular weight excluding hydrogens is 287 g/mol. The Bertz CT molecular complexity index is 612. The van der Waals surface area contributed by atoms with Gasteiger partial charge in [0.2, 0.25) is 0 Å². The molecule has 2 rings (SSSR count). The van der Waals surface area contributed by atoms with Crippen LogP contribution in [-0.4, -0.2) is 36.9 Å². The molecule has 1 aromatic carbocycles. The number of halogens is 1. The van der Waals surface area contributed by atoms with E-state index in [-0.39, 0.29) is 5.69 Å². The molecule has 0 amide bonds. The Morgan fingerprint density at radius 1 is 1.25 bits per heavy atom. The van der Waals surface area contributed by atoms with Crippen molar-refractivity contribution in [1.29, 1.82) is 0 Å². The average molecular weight is 302 g/mol. The van der Waals surface area contributed by atoms with Gasteiger partial charge in [-0.3, -0.25) is 4.72 Å². The molecule has 0 saturated carbocycles. The van der Waals surface area contributed by atoms with Crippen LogP contribution in [0.25, 0.3) is 0 Å². The first kappa shape index (κ1) is 14.7. The Morgan fingerprint density at radius 3 is 2.50 bits per heavy atom. The van der Waals surface area contributed by atoms with Crippen molar-refractivity contribution in [3.05, 3.63) is 29.6 Å². The summed E-state index contributed by atoms with van der Waals surface area (Å²) in [7, 11) is -3.86. The molecule has 0 bridgehead atoms. The molecule has 110 valence electrons. The standard InChI is InChI=1S/C12H15FN2O4S/c13-9-5-4-6-10(11(9)12(16)17)14-20(18,19)15-7-2-1-3-8-15/h4-6,14H,1-3,7-8H2,(H,16,17). The lowest BCUT2D eigenvalue weighted by Crippen LogP contribution is -2.39. The zero-order valence-electron chi connectivity index (χ0n) is 10.7. The minimum atomic E-state index is -3.86. The first-order valence-corrected chi connectivity index (χ1v) is 7.65. The van der Waals surface area contributed by atoms with E-state index in [4.69, 9.17) is 5.11 Å². The van der Waals surface area contributed by atoms with Gasteiger partial charge in [-0.05, 0) is 25.0 Å². The number of hydrogen-bond acceptors (Lipinski definition) is 3. The Labute approximate surface area is 116 Å². The minimum Gasteiger partial charge on any atom is -0.478 e. The van der Waals surface area contributed by atoms with E-state index in [0.29, 0.717) is 13.1 Å². The van der Waals surface area contributed by atoms with Crippen molar-refractivity contribution in [1.82, 2.24) is 4.31 Å². The van der Waals surface area contributed by atoms with Crippen LogP contribution in [0.1, 0.15) is 29.6 Å². The van der Waals surface area contributed by atoms with Crippen molar-refractivity contribution in [3.63, 3.8) is 0 Å². The fourth-order valence-electron chi connectivity index (χ4n) is 2.14. The monoisotopic (exact) mass is 302 g/mol. The topological polar surface area (TPSA) is 86.7 Å². The second kappa shape index (κ2) is 5.76.